The van der Waals surface area contributed by atoms with Crippen LogP contribution in [-0.4, -0.2) is 30.4 Å². The van der Waals surface area contributed by atoms with Crippen LogP contribution in [0.15, 0.2) is 24.3 Å². The Balaban J connectivity index is 1.81. The Labute approximate surface area is 115 Å². The van der Waals surface area contributed by atoms with E-state index in [4.69, 9.17) is 5.73 Å². The second kappa shape index (κ2) is 6.68. The van der Waals surface area contributed by atoms with Gasteiger partial charge in [0.05, 0.1) is 6.54 Å². The lowest BCUT2D eigenvalue weighted by Crippen LogP contribution is -2.34. The minimum Gasteiger partial charge on any atom is -0.326 e. The van der Waals surface area contributed by atoms with Crippen LogP contribution >= 0.6 is 0 Å². The Hall–Kier alpha value is -1.39. The average molecular weight is 261 g/mol. The van der Waals surface area contributed by atoms with Crippen molar-refractivity contribution in [3.8, 4) is 0 Å². The van der Waals surface area contributed by atoms with E-state index in [1.165, 1.54) is 12.8 Å². The maximum Gasteiger partial charge on any atom is 0.238 e. The lowest BCUT2D eigenvalue weighted by molar-refractivity contribution is -0.117. The van der Waals surface area contributed by atoms with Crippen molar-refractivity contribution in [2.24, 2.45) is 11.7 Å². The number of nitrogens with zero attached hydrogens (tertiary/aromatic N) is 1. The van der Waals surface area contributed by atoms with Crippen LogP contribution in [0.25, 0.3) is 0 Å². The highest BCUT2D eigenvalue weighted by molar-refractivity contribution is 5.92. The smallest absolute Gasteiger partial charge is 0.238 e. The van der Waals surface area contributed by atoms with Gasteiger partial charge >= 0.3 is 0 Å². The number of carbonyl (C=O) groups excluding carboxylic acids is 1. The Kier molecular flexibility index (Phi) is 4.93. The number of likely N-dealkylation sites (N-methyl/N-ethyl adjacent to an activating group) is 1. The summed E-state index contributed by atoms with van der Waals surface area (Å²) >= 11 is 0. The van der Waals surface area contributed by atoms with Crippen LogP contribution in [0.4, 0.5) is 5.69 Å². The van der Waals surface area contributed by atoms with E-state index in [0.29, 0.717) is 13.1 Å². The second-order valence-corrected chi connectivity index (χ2v) is 5.22. The number of nitrogens with two attached hydrogens (primary N) is 1. The summed E-state index contributed by atoms with van der Waals surface area (Å²) in [4.78, 5) is 14.2. The Morgan fingerprint density at radius 2 is 2.05 bits per heavy atom. The number of rotatable bonds is 7. The van der Waals surface area contributed by atoms with Crippen molar-refractivity contribution in [2.45, 2.75) is 26.3 Å². The molecule has 1 aliphatic carbocycles. The fourth-order valence-electron chi connectivity index (χ4n) is 2.10. The minimum atomic E-state index is 0.0583. The number of anilines is 1. The van der Waals surface area contributed by atoms with Gasteiger partial charge in [-0.2, -0.15) is 0 Å². The molecule has 1 fully saturated rings. The molecule has 0 heterocycles. The van der Waals surface area contributed by atoms with Crippen molar-refractivity contribution in [1.82, 2.24) is 4.90 Å². The minimum absolute atomic E-state index is 0.0583. The quantitative estimate of drug-likeness (QED) is 0.787. The van der Waals surface area contributed by atoms with E-state index in [1.54, 1.807) is 0 Å². The summed E-state index contributed by atoms with van der Waals surface area (Å²) in [5.74, 6) is 0.875. The van der Waals surface area contributed by atoms with E-state index in [1.807, 2.05) is 24.3 Å². The van der Waals surface area contributed by atoms with Gasteiger partial charge in [0.2, 0.25) is 5.91 Å². The van der Waals surface area contributed by atoms with E-state index in [0.717, 1.165) is 30.3 Å². The summed E-state index contributed by atoms with van der Waals surface area (Å²) in [6.45, 7) is 5.09. The second-order valence-electron chi connectivity index (χ2n) is 5.22. The number of nitrogens with one attached hydrogen (secondary N) is 1. The lowest BCUT2D eigenvalue weighted by atomic mass is 10.2. The van der Waals surface area contributed by atoms with E-state index >= 15 is 0 Å². The molecule has 0 spiro atoms. The highest BCUT2D eigenvalue weighted by atomic mass is 16.2. The standard InChI is InChI=1S/C15H23N3O/c1-2-18(10-13-3-4-13)11-15(19)17-14-7-5-12(9-16)6-8-14/h5-8,13H,2-4,9-11,16H2,1H3,(H,17,19). The topological polar surface area (TPSA) is 58.4 Å². The molecule has 104 valence electrons. The van der Waals surface area contributed by atoms with E-state index < -0.39 is 0 Å². The molecule has 0 bridgehead atoms. The molecular weight excluding hydrogens is 238 g/mol. The van der Waals surface area contributed by atoms with Crippen molar-refractivity contribution in [2.75, 3.05) is 25.0 Å². The number of hydrogen-bond donors (Lipinski definition) is 2. The monoisotopic (exact) mass is 261 g/mol. The first kappa shape index (κ1) is 14.0. The zero-order valence-corrected chi connectivity index (χ0v) is 11.6. The van der Waals surface area contributed by atoms with Crippen LogP contribution in [-0.2, 0) is 11.3 Å². The van der Waals surface area contributed by atoms with E-state index in [2.05, 4.69) is 17.1 Å². The molecule has 0 atom stereocenters. The van der Waals surface area contributed by atoms with Crippen LogP contribution in [0.2, 0.25) is 0 Å². The van der Waals surface area contributed by atoms with Crippen LogP contribution in [0, 0.1) is 5.92 Å². The summed E-state index contributed by atoms with van der Waals surface area (Å²) in [7, 11) is 0. The number of hydrogen-bond acceptors (Lipinski definition) is 3. The molecule has 1 saturated carbocycles. The first-order valence-corrected chi connectivity index (χ1v) is 7.02. The summed E-state index contributed by atoms with van der Waals surface area (Å²) in [6.07, 6.45) is 2.64. The fourth-order valence-corrected chi connectivity index (χ4v) is 2.10. The van der Waals surface area contributed by atoms with Gasteiger partial charge in [0.15, 0.2) is 0 Å². The Morgan fingerprint density at radius 3 is 2.58 bits per heavy atom. The summed E-state index contributed by atoms with van der Waals surface area (Å²) < 4.78 is 0. The summed E-state index contributed by atoms with van der Waals surface area (Å²) in [6, 6.07) is 7.68. The highest BCUT2D eigenvalue weighted by Gasteiger charge is 2.24. The molecule has 1 aromatic carbocycles. The van der Waals surface area contributed by atoms with Gasteiger partial charge < -0.3 is 11.1 Å². The largest absolute Gasteiger partial charge is 0.326 e. The predicted octanol–water partition coefficient (Wildman–Crippen LogP) is 1.82. The molecular formula is C15H23N3O. The third-order valence-electron chi connectivity index (χ3n) is 3.50. The molecule has 0 unspecified atom stereocenters. The fraction of sp³-hybridized carbons (Fsp3) is 0.533. The lowest BCUT2D eigenvalue weighted by Gasteiger charge is -2.19. The van der Waals surface area contributed by atoms with Crippen LogP contribution < -0.4 is 11.1 Å². The molecule has 1 aromatic rings. The molecule has 1 aliphatic rings. The van der Waals surface area contributed by atoms with Crippen molar-refractivity contribution in [3.63, 3.8) is 0 Å². The van der Waals surface area contributed by atoms with Crippen LogP contribution in [0.1, 0.15) is 25.3 Å². The van der Waals surface area contributed by atoms with E-state index in [9.17, 15) is 4.79 Å². The number of amides is 1. The molecule has 4 nitrogen and oxygen atoms in total. The summed E-state index contributed by atoms with van der Waals surface area (Å²) in [5.41, 5.74) is 7.45. The maximum absolute atomic E-state index is 12.0. The number of benzene rings is 1. The van der Waals surface area contributed by atoms with Gasteiger partial charge in [-0.25, -0.2) is 0 Å². The van der Waals surface area contributed by atoms with Crippen molar-refractivity contribution >= 4 is 11.6 Å². The molecule has 0 aliphatic heterocycles. The molecule has 19 heavy (non-hydrogen) atoms. The molecule has 0 radical (unpaired) electrons. The third-order valence-corrected chi connectivity index (χ3v) is 3.50. The van der Waals surface area contributed by atoms with Gasteiger partial charge in [-0.1, -0.05) is 19.1 Å². The Bertz CT molecular complexity index is 412. The third kappa shape index (κ3) is 4.65. The maximum atomic E-state index is 12.0. The van der Waals surface area contributed by atoms with Crippen molar-refractivity contribution in [3.05, 3.63) is 29.8 Å². The van der Waals surface area contributed by atoms with Gasteiger partial charge in [-0.3, -0.25) is 9.69 Å². The molecule has 1 amide bonds. The van der Waals surface area contributed by atoms with Crippen LogP contribution in [0.3, 0.4) is 0 Å². The molecule has 3 N–H and O–H groups in total. The SMILES string of the molecule is CCN(CC(=O)Nc1ccc(CN)cc1)CC1CC1. The first-order valence-electron chi connectivity index (χ1n) is 7.02. The van der Waals surface area contributed by atoms with Gasteiger partial charge in [0, 0.05) is 18.8 Å². The predicted molar refractivity (Wildman–Crippen MR) is 77.8 cm³/mol. The molecule has 0 aromatic heterocycles. The van der Waals surface area contributed by atoms with Crippen molar-refractivity contribution < 1.29 is 4.79 Å². The molecule has 2 rings (SSSR count). The summed E-state index contributed by atoms with van der Waals surface area (Å²) in [5, 5.41) is 2.93. The van der Waals surface area contributed by atoms with Crippen molar-refractivity contribution in [1.29, 1.82) is 0 Å². The Morgan fingerprint density at radius 1 is 1.37 bits per heavy atom. The highest BCUT2D eigenvalue weighted by Crippen LogP contribution is 2.29. The van der Waals surface area contributed by atoms with Gasteiger partial charge in [0.25, 0.3) is 0 Å². The molecule has 4 heteroatoms. The van der Waals surface area contributed by atoms with E-state index in [-0.39, 0.29) is 5.91 Å². The average Bonchev–Trinajstić information content (AvgIpc) is 3.22. The zero-order valence-electron chi connectivity index (χ0n) is 11.6. The van der Waals surface area contributed by atoms with Gasteiger partial charge in [-0.15, -0.1) is 0 Å². The molecule has 0 saturated heterocycles. The normalized spacial score (nSPS) is 14.7. The van der Waals surface area contributed by atoms with Gasteiger partial charge in [-0.05, 0) is 43.0 Å². The zero-order chi connectivity index (χ0) is 13.7. The van der Waals surface area contributed by atoms with Gasteiger partial charge in [0.1, 0.15) is 0 Å². The number of carbonyl (C=O) groups is 1. The van der Waals surface area contributed by atoms with Crippen LogP contribution in [0.5, 0.6) is 0 Å². The first-order chi connectivity index (χ1) is 9.21.